The lowest BCUT2D eigenvalue weighted by molar-refractivity contribution is 0.483. The second-order valence-corrected chi connectivity index (χ2v) is 11.7. The Balaban J connectivity index is 1.50. The average molecular weight is 593 g/mol. The lowest BCUT2D eigenvalue weighted by Crippen LogP contribution is -1.97. The summed E-state index contributed by atoms with van der Waals surface area (Å²) in [7, 11) is -4.49. The minimum atomic E-state index is -4.49. The molecule has 2 aliphatic rings. The fourth-order valence-corrected chi connectivity index (χ4v) is 6.16. The fraction of sp³-hybridized carbons (Fsp3) is 0. The summed E-state index contributed by atoms with van der Waals surface area (Å²) >= 11 is 0. The van der Waals surface area contributed by atoms with Gasteiger partial charge in [0.2, 0.25) is 0 Å². The molecule has 1 N–H and O–H groups in total. The molecule has 210 valence electrons. The van der Waals surface area contributed by atoms with Gasteiger partial charge in [-0.2, -0.15) is 8.42 Å². The predicted molar refractivity (Wildman–Crippen MR) is 164 cm³/mol. The average Bonchev–Trinajstić information content (AvgIpc) is 3.76. The van der Waals surface area contributed by atoms with Crippen LogP contribution in [0.15, 0.2) is 95.9 Å². The first-order valence-electron chi connectivity index (χ1n) is 13.5. The van der Waals surface area contributed by atoms with Crippen LogP contribution in [-0.4, -0.2) is 42.9 Å². The van der Waals surface area contributed by atoms with Crippen LogP contribution in [0.2, 0.25) is 0 Å². The van der Waals surface area contributed by atoms with Crippen LogP contribution in [-0.2, 0) is 10.1 Å². The molecular weight excluding hydrogens is 576 g/mol. The van der Waals surface area contributed by atoms with Gasteiger partial charge < -0.3 is 29.9 Å². The molecular formula is C32H16N8O3S-2. The lowest BCUT2D eigenvalue weighted by Gasteiger charge is -2.01. The highest BCUT2D eigenvalue weighted by molar-refractivity contribution is 7.85. The molecule has 0 unspecified atom stereocenters. The zero-order valence-electron chi connectivity index (χ0n) is 22.4. The number of fused-ring (bicyclic) bond motifs is 20. The lowest BCUT2D eigenvalue weighted by atomic mass is 10.1. The second-order valence-electron chi connectivity index (χ2n) is 10.3. The normalized spacial score (nSPS) is 12.4. The Kier molecular flexibility index (Phi) is 4.96. The maximum Gasteiger partial charge on any atom is 0.294 e. The molecule has 0 aliphatic carbocycles. The largest absolute Gasteiger partial charge is 0.357 e. The molecule has 11 nitrogen and oxygen atoms in total. The van der Waals surface area contributed by atoms with Gasteiger partial charge in [-0.25, -0.2) is 9.97 Å². The van der Waals surface area contributed by atoms with Gasteiger partial charge in [-0.15, -0.1) is 0 Å². The summed E-state index contributed by atoms with van der Waals surface area (Å²) in [6.07, 6.45) is 0. The van der Waals surface area contributed by atoms with Crippen LogP contribution in [0.5, 0.6) is 0 Å². The van der Waals surface area contributed by atoms with Gasteiger partial charge in [0, 0.05) is 44.8 Å². The van der Waals surface area contributed by atoms with E-state index in [1.54, 1.807) is 6.07 Å². The van der Waals surface area contributed by atoms with Crippen molar-refractivity contribution in [2.75, 3.05) is 0 Å². The van der Waals surface area contributed by atoms with Gasteiger partial charge in [0.25, 0.3) is 10.1 Å². The number of rotatable bonds is 1. The zero-order valence-corrected chi connectivity index (χ0v) is 23.2. The van der Waals surface area contributed by atoms with Crippen LogP contribution >= 0.6 is 0 Å². The van der Waals surface area contributed by atoms with E-state index < -0.39 is 10.1 Å². The van der Waals surface area contributed by atoms with Crippen molar-refractivity contribution in [3.63, 3.8) is 0 Å². The van der Waals surface area contributed by atoms with Crippen molar-refractivity contribution in [3.8, 4) is 45.6 Å². The molecule has 8 bridgehead atoms. The van der Waals surface area contributed by atoms with Crippen molar-refractivity contribution >= 4 is 54.3 Å². The molecule has 5 heterocycles. The van der Waals surface area contributed by atoms with Crippen molar-refractivity contribution in [2.45, 2.75) is 4.90 Å². The van der Waals surface area contributed by atoms with Crippen molar-refractivity contribution in [3.05, 3.63) is 91.0 Å². The zero-order chi connectivity index (χ0) is 29.6. The van der Waals surface area contributed by atoms with E-state index in [2.05, 4.69) is 0 Å². The molecule has 0 fully saturated rings. The Hall–Kier alpha value is -5.85. The van der Waals surface area contributed by atoms with Crippen molar-refractivity contribution in [1.29, 1.82) is 0 Å². The molecule has 0 atom stereocenters. The first-order valence-corrected chi connectivity index (χ1v) is 15.0. The van der Waals surface area contributed by atoms with Crippen LogP contribution in [0.1, 0.15) is 0 Å². The van der Waals surface area contributed by atoms with E-state index in [-0.39, 0.29) is 16.2 Å². The van der Waals surface area contributed by atoms with Crippen LogP contribution in [0.4, 0.5) is 0 Å². The second kappa shape index (κ2) is 8.83. The van der Waals surface area contributed by atoms with E-state index in [9.17, 15) is 13.0 Å². The van der Waals surface area contributed by atoms with E-state index >= 15 is 0 Å². The first kappa shape index (κ1) is 24.7. The molecule has 0 saturated carbocycles. The fourth-order valence-electron chi connectivity index (χ4n) is 5.65. The number of nitrogens with zero attached hydrogens (tertiary/aromatic N) is 8. The predicted octanol–water partition coefficient (Wildman–Crippen LogP) is 5.37. The Bertz CT molecular complexity index is 2660. The molecule has 0 spiro atoms. The standard InChI is InChI=1S/C32H16N8O3S/c41-44(42,43)16-13-14-23-24(15-16)32-39-30-22-12-6-5-11-21(22)28(37-30)35-26-18-8-2-1-7-17(18)25(33-26)34-27-19-9-3-4-10-20(19)29(36-27)38-31(23)40-32/h1-15H,(H-2,33,34,35,36,37,38,39,40,41,42,43)/q-2. The summed E-state index contributed by atoms with van der Waals surface area (Å²) < 4.78 is 33.9. The van der Waals surface area contributed by atoms with Gasteiger partial charge in [-0.1, -0.05) is 78.9 Å². The van der Waals surface area contributed by atoms with Gasteiger partial charge >= 0.3 is 0 Å². The molecule has 12 heteroatoms. The van der Waals surface area contributed by atoms with Gasteiger partial charge in [0.05, 0.1) is 28.2 Å². The number of hydrogen-bond acceptors (Lipinski definition) is 8. The highest BCUT2D eigenvalue weighted by atomic mass is 32.2. The summed E-state index contributed by atoms with van der Waals surface area (Å²) in [5, 5.41) is 2.54. The minimum absolute atomic E-state index is 0.186. The van der Waals surface area contributed by atoms with Gasteiger partial charge in [0.15, 0.2) is 0 Å². The van der Waals surface area contributed by atoms with Crippen molar-refractivity contribution < 1.29 is 13.0 Å². The molecule has 0 saturated heterocycles. The first-order chi connectivity index (χ1) is 21.4. The van der Waals surface area contributed by atoms with Gasteiger partial charge in [-0.05, 0) is 33.7 Å². The SMILES string of the molecule is O=S(=O)(O)c1ccc2c3nc4nc(nc5[n-]c(nc6nc(nc([n-]3)c2c1)-c1ccccc1-6)c1ccccc51)-c1ccccc1-4. The van der Waals surface area contributed by atoms with E-state index in [4.69, 9.17) is 39.9 Å². The monoisotopic (exact) mass is 592 g/mol. The highest BCUT2D eigenvalue weighted by Gasteiger charge is 2.17. The Morgan fingerprint density at radius 1 is 0.455 bits per heavy atom. The summed E-state index contributed by atoms with van der Waals surface area (Å²) in [4.78, 5) is 38.2. The third-order valence-electron chi connectivity index (χ3n) is 7.69. The van der Waals surface area contributed by atoms with Gasteiger partial charge in [-0.3, -0.25) is 4.55 Å². The maximum atomic E-state index is 12.1. The molecule has 44 heavy (non-hydrogen) atoms. The molecule has 2 aliphatic heterocycles. The van der Waals surface area contributed by atoms with Crippen LogP contribution in [0, 0.1) is 0 Å². The van der Waals surface area contributed by atoms with Crippen LogP contribution in [0.3, 0.4) is 0 Å². The third-order valence-corrected chi connectivity index (χ3v) is 8.54. The van der Waals surface area contributed by atoms with Crippen molar-refractivity contribution in [1.82, 2.24) is 39.9 Å². The molecule has 0 radical (unpaired) electrons. The highest BCUT2D eigenvalue weighted by Crippen LogP contribution is 2.36. The summed E-state index contributed by atoms with van der Waals surface area (Å²) in [5.74, 6) is 1.58. The van der Waals surface area contributed by atoms with Crippen molar-refractivity contribution in [2.24, 2.45) is 0 Å². The van der Waals surface area contributed by atoms with Gasteiger partial charge in [0.1, 0.15) is 0 Å². The van der Waals surface area contributed by atoms with E-state index in [1.807, 2.05) is 72.8 Å². The maximum absolute atomic E-state index is 12.1. The molecule has 0 amide bonds. The Morgan fingerprint density at radius 2 is 0.818 bits per heavy atom. The van der Waals surface area contributed by atoms with Crippen LogP contribution < -0.4 is 9.97 Å². The smallest absolute Gasteiger partial charge is 0.294 e. The van der Waals surface area contributed by atoms with E-state index in [0.717, 1.165) is 33.0 Å². The van der Waals surface area contributed by atoms with E-state index in [1.165, 1.54) is 12.1 Å². The summed E-state index contributed by atoms with van der Waals surface area (Å²) in [6.45, 7) is 0. The molecule has 4 aromatic carbocycles. The Morgan fingerprint density at radius 3 is 1.23 bits per heavy atom. The van der Waals surface area contributed by atoms with Crippen LogP contribution in [0.25, 0.3) is 89.7 Å². The number of benzene rings is 4. The number of hydrogen-bond donors (Lipinski definition) is 1. The Labute approximate surface area is 248 Å². The topological polar surface area (TPSA) is 160 Å². The molecule has 9 rings (SSSR count). The summed E-state index contributed by atoms with van der Waals surface area (Å²) in [5.41, 5.74) is 4.42. The minimum Gasteiger partial charge on any atom is -0.357 e. The molecule has 3 aromatic heterocycles. The number of aromatic nitrogens is 8. The third kappa shape index (κ3) is 3.68. The quantitative estimate of drug-likeness (QED) is 0.244. The molecule has 7 aromatic rings. The summed E-state index contributed by atoms with van der Waals surface area (Å²) in [6, 6.07) is 27.1. The van der Waals surface area contributed by atoms with E-state index in [0.29, 0.717) is 45.4 Å².